The molecule has 2 atom stereocenters. The topological polar surface area (TPSA) is 28.6 Å². The van der Waals surface area contributed by atoms with Gasteiger partial charge in [-0.15, -0.1) is 0 Å². The van der Waals surface area contributed by atoms with Crippen LogP contribution in [0.1, 0.15) is 29.2 Å². The molecule has 1 aromatic heterocycles. The van der Waals surface area contributed by atoms with E-state index in [1.807, 2.05) is 12.4 Å². The summed E-state index contributed by atoms with van der Waals surface area (Å²) in [4.78, 5) is 12.8. The number of pyridine rings is 1. The molecule has 2 aliphatic heterocycles. The smallest absolute Gasteiger partial charge is 0.101 e. The average molecular weight is 295 g/mol. The Morgan fingerprint density at radius 1 is 1.23 bits per heavy atom. The number of fused-ring (bicyclic) bond motifs is 5. The van der Waals surface area contributed by atoms with E-state index in [0.717, 1.165) is 25.1 Å². The highest BCUT2D eigenvalue weighted by Crippen LogP contribution is 2.43. The van der Waals surface area contributed by atoms with Crippen molar-refractivity contribution in [3.8, 4) is 0 Å². The number of likely N-dealkylation sites (N-methyl/N-ethyl adjacent to an activating group) is 1. The van der Waals surface area contributed by atoms with Gasteiger partial charge in [0.15, 0.2) is 0 Å². The van der Waals surface area contributed by atoms with Gasteiger partial charge in [-0.25, -0.2) is 5.06 Å². The van der Waals surface area contributed by atoms with Crippen molar-refractivity contribution in [2.75, 3.05) is 25.7 Å². The van der Waals surface area contributed by atoms with E-state index in [9.17, 15) is 0 Å². The van der Waals surface area contributed by atoms with Crippen molar-refractivity contribution in [2.24, 2.45) is 0 Å². The molecule has 0 saturated carbocycles. The Morgan fingerprint density at radius 3 is 2.95 bits per heavy atom. The highest BCUT2D eigenvalue weighted by atomic mass is 16.7. The molecule has 4 nitrogen and oxygen atoms in total. The zero-order valence-electron chi connectivity index (χ0n) is 13.1. The second-order valence-corrected chi connectivity index (χ2v) is 6.45. The highest BCUT2D eigenvalue weighted by molar-refractivity contribution is 5.57. The molecule has 3 heterocycles. The van der Waals surface area contributed by atoms with Crippen molar-refractivity contribution in [2.45, 2.75) is 25.0 Å². The fourth-order valence-corrected chi connectivity index (χ4v) is 3.60. The molecule has 0 bridgehead atoms. The number of hydroxylamine groups is 1. The third kappa shape index (κ3) is 2.28. The van der Waals surface area contributed by atoms with Gasteiger partial charge in [-0.3, -0.25) is 9.82 Å². The van der Waals surface area contributed by atoms with E-state index < -0.39 is 0 Å². The first-order valence-corrected chi connectivity index (χ1v) is 7.84. The van der Waals surface area contributed by atoms with Crippen LogP contribution in [0.3, 0.4) is 0 Å². The van der Waals surface area contributed by atoms with E-state index in [-0.39, 0.29) is 12.1 Å². The van der Waals surface area contributed by atoms with E-state index in [2.05, 4.69) is 59.4 Å². The summed E-state index contributed by atoms with van der Waals surface area (Å²) in [7, 11) is 4.19. The molecule has 2 aliphatic rings. The molecule has 1 aromatic carbocycles. The largest absolute Gasteiger partial charge is 0.307 e. The van der Waals surface area contributed by atoms with Crippen LogP contribution in [0.5, 0.6) is 0 Å². The maximum Gasteiger partial charge on any atom is 0.101 e. The minimum Gasteiger partial charge on any atom is -0.307 e. The van der Waals surface area contributed by atoms with Crippen LogP contribution in [-0.2, 0) is 11.3 Å². The Labute approximate surface area is 131 Å². The van der Waals surface area contributed by atoms with Crippen LogP contribution >= 0.6 is 0 Å². The Balaban J connectivity index is 1.79. The third-order valence-corrected chi connectivity index (χ3v) is 4.52. The van der Waals surface area contributed by atoms with Crippen molar-refractivity contribution in [1.82, 2.24) is 9.88 Å². The molecule has 4 heteroatoms. The summed E-state index contributed by atoms with van der Waals surface area (Å²) >= 11 is 0. The van der Waals surface area contributed by atoms with Crippen molar-refractivity contribution >= 4 is 5.69 Å². The fourth-order valence-electron chi connectivity index (χ4n) is 3.60. The molecule has 1 saturated heterocycles. The Kier molecular flexibility index (Phi) is 3.36. The lowest BCUT2D eigenvalue weighted by molar-refractivity contribution is 0.0648. The van der Waals surface area contributed by atoms with E-state index in [1.165, 1.54) is 16.7 Å². The first kappa shape index (κ1) is 13.7. The maximum atomic E-state index is 6.29. The first-order valence-electron chi connectivity index (χ1n) is 7.84. The lowest BCUT2D eigenvalue weighted by Gasteiger charge is -2.25. The molecular formula is C18H21N3O. The van der Waals surface area contributed by atoms with Gasteiger partial charge in [-0.1, -0.05) is 24.3 Å². The first-order chi connectivity index (χ1) is 10.7. The summed E-state index contributed by atoms with van der Waals surface area (Å²) in [5.74, 6) is 0. The molecule has 0 amide bonds. The van der Waals surface area contributed by atoms with Crippen LogP contribution in [0.4, 0.5) is 5.69 Å². The number of rotatable bonds is 2. The number of aromatic nitrogens is 1. The van der Waals surface area contributed by atoms with Crippen LogP contribution in [0.15, 0.2) is 42.7 Å². The molecule has 1 fully saturated rings. The molecule has 0 aliphatic carbocycles. The van der Waals surface area contributed by atoms with Gasteiger partial charge in [0.2, 0.25) is 0 Å². The molecule has 0 unspecified atom stereocenters. The van der Waals surface area contributed by atoms with Crippen LogP contribution in [0.25, 0.3) is 0 Å². The number of anilines is 1. The summed E-state index contributed by atoms with van der Waals surface area (Å²) in [5.41, 5.74) is 5.19. The maximum absolute atomic E-state index is 6.29. The summed E-state index contributed by atoms with van der Waals surface area (Å²) in [5, 5.41) is 2.10. The lowest BCUT2D eigenvalue weighted by atomic mass is 9.95. The molecular weight excluding hydrogens is 274 g/mol. The van der Waals surface area contributed by atoms with E-state index in [0.29, 0.717) is 0 Å². The number of nitrogens with zero attached hydrogens (tertiary/aromatic N) is 3. The molecule has 0 radical (unpaired) electrons. The summed E-state index contributed by atoms with van der Waals surface area (Å²) in [6.45, 7) is 0.935. The van der Waals surface area contributed by atoms with E-state index in [1.54, 1.807) is 0 Å². The summed E-state index contributed by atoms with van der Waals surface area (Å²) in [6.07, 6.45) is 5.99. The van der Waals surface area contributed by atoms with Crippen molar-refractivity contribution in [3.05, 3.63) is 59.4 Å². The van der Waals surface area contributed by atoms with Crippen molar-refractivity contribution < 1.29 is 4.84 Å². The van der Waals surface area contributed by atoms with Crippen molar-refractivity contribution in [1.29, 1.82) is 0 Å². The van der Waals surface area contributed by atoms with E-state index in [4.69, 9.17) is 4.84 Å². The van der Waals surface area contributed by atoms with Gasteiger partial charge in [-0.05, 0) is 36.9 Å². The van der Waals surface area contributed by atoms with Crippen LogP contribution < -0.4 is 5.06 Å². The zero-order chi connectivity index (χ0) is 15.1. The van der Waals surface area contributed by atoms with Gasteiger partial charge >= 0.3 is 0 Å². The molecule has 4 rings (SSSR count). The number of hydrogen-bond donors (Lipinski definition) is 0. The molecule has 0 N–H and O–H groups in total. The van der Waals surface area contributed by atoms with Gasteiger partial charge < -0.3 is 4.90 Å². The minimum absolute atomic E-state index is 0.221. The quantitative estimate of drug-likeness (QED) is 0.852. The lowest BCUT2D eigenvalue weighted by Crippen LogP contribution is -2.27. The van der Waals surface area contributed by atoms with Crippen LogP contribution in [0.2, 0.25) is 0 Å². The van der Waals surface area contributed by atoms with Gasteiger partial charge in [0.25, 0.3) is 0 Å². The number of hydrogen-bond acceptors (Lipinski definition) is 4. The van der Waals surface area contributed by atoms with Crippen LogP contribution in [-0.4, -0.2) is 36.6 Å². The Morgan fingerprint density at radius 2 is 2.09 bits per heavy atom. The SMILES string of the molecule is CN(C)C[C@H]1C[C@@H]2c3ccccc3Cc3ccncc3N2O1. The second-order valence-electron chi connectivity index (χ2n) is 6.45. The summed E-state index contributed by atoms with van der Waals surface area (Å²) < 4.78 is 0. The molecule has 2 aromatic rings. The van der Waals surface area contributed by atoms with Gasteiger partial charge in [0.1, 0.15) is 6.10 Å². The predicted octanol–water partition coefficient (Wildman–Crippen LogP) is 2.80. The average Bonchev–Trinajstić information content (AvgIpc) is 2.85. The fraction of sp³-hybridized carbons (Fsp3) is 0.389. The Hall–Kier alpha value is -1.91. The van der Waals surface area contributed by atoms with Crippen molar-refractivity contribution in [3.63, 3.8) is 0 Å². The molecule has 114 valence electrons. The third-order valence-electron chi connectivity index (χ3n) is 4.52. The Bertz CT molecular complexity index is 632. The van der Waals surface area contributed by atoms with Crippen LogP contribution in [0, 0.1) is 0 Å². The standard InChI is InChI=1S/C18H21N3O/c1-20(2)12-15-10-17-16-6-4-3-5-13(16)9-14-7-8-19-11-18(14)21(17)22-15/h3-8,11,15,17H,9-10,12H2,1-2H3/t15-,17-/m1/s1. The van der Waals surface area contributed by atoms with Gasteiger partial charge in [-0.2, -0.15) is 0 Å². The molecule has 22 heavy (non-hydrogen) atoms. The predicted molar refractivity (Wildman–Crippen MR) is 86.7 cm³/mol. The van der Waals surface area contributed by atoms with E-state index >= 15 is 0 Å². The van der Waals surface area contributed by atoms with Gasteiger partial charge in [0, 0.05) is 25.6 Å². The molecule has 0 spiro atoms. The second kappa shape index (κ2) is 5.38. The van der Waals surface area contributed by atoms with Gasteiger partial charge in [0.05, 0.1) is 17.9 Å². The number of benzene rings is 1. The zero-order valence-corrected chi connectivity index (χ0v) is 13.1. The summed E-state index contributed by atoms with van der Waals surface area (Å²) in [6, 6.07) is 11.1. The highest BCUT2D eigenvalue weighted by Gasteiger charge is 2.38. The normalized spacial score (nSPS) is 23.0. The monoisotopic (exact) mass is 295 g/mol. The minimum atomic E-state index is 0.221.